The Balaban J connectivity index is 2.20. The minimum Gasteiger partial charge on any atom is -0.357 e. The SMILES string of the molecule is N=C(c1cccc(C(F)(F)F)c1)N1CCCCC1. The lowest BCUT2D eigenvalue weighted by atomic mass is 10.1. The molecule has 2 rings (SSSR count). The van der Waals surface area contributed by atoms with Gasteiger partial charge in [-0.15, -0.1) is 0 Å². The summed E-state index contributed by atoms with van der Waals surface area (Å²) >= 11 is 0. The number of hydrogen-bond acceptors (Lipinski definition) is 1. The standard InChI is InChI=1S/C13H15F3N2/c14-13(15,16)11-6-4-5-10(9-11)12(17)18-7-2-1-3-8-18/h4-6,9,17H,1-3,7-8H2. The summed E-state index contributed by atoms with van der Waals surface area (Å²) in [6.07, 6.45) is -1.22. The van der Waals surface area contributed by atoms with Crippen LogP contribution in [0, 0.1) is 5.41 Å². The molecule has 18 heavy (non-hydrogen) atoms. The molecule has 0 aromatic heterocycles. The number of rotatable bonds is 1. The molecule has 0 spiro atoms. The van der Waals surface area contributed by atoms with Crippen molar-refractivity contribution in [1.82, 2.24) is 4.90 Å². The molecule has 1 N–H and O–H groups in total. The zero-order valence-electron chi connectivity index (χ0n) is 9.93. The van der Waals surface area contributed by atoms with Gasteiger partial charge in [-0.05, 0) is 31.4 Å². The Morgan fingerprint density at radius 2 is 1.78 bits per heavy atom. The number of halogens is 3. The third kappa shape index (κ3) is 2.83. The summed E-state index contributed by atoms with van der Waals surface area (Å²) in [4.78, 5) is 1.85. The van der Waals surface area contributed by atoms with Gasteiger partial charge in [0.25, 0.3) is 0 Å². The molecule has 1 heterocycles. The summed E-state index contributed by atoms with van der Waals surface area (Å²) in [6.45, 7) is 1.52. The van der Waals surface area contributed by atoms with Crippen LogP contribution in [0.4, 0.5) is 13.2 Å². The number of alkyl halides is 3. The maximum Gasteiger partial charge on any atom is 0.416 e. The Kier molecular flexibility index (Phi) is 3.59. The molecule has 1 fully saturated rings. The third-order valence-corrected chi connectivity index (χ3v) is 3.14. The van der Waals surface area contributed by atoms with E-state index in [0.29, 0.717) is 5.56 Å². The summed E-state index contributed by atoms with van der Waals surface area (Å²) in [5.41, 5.74) is -0.353. The molecule has 98 valence electrons. The van der Waals surface area contributed by atoms with Gasteiger partial charge in [-0.2, -0.15) is 13.2 Å². The topological polar surface area (TPSA) is 27.1 Å². The lowest BCUT2D eigenvalue weighted by molar-refractivity contribution is -0.137. The summed E-state index contributed by atoms with van der Waals surface area (Å²) in [6, 6.07) is 5.01. The van der Waals surface area contributed by atoms with Crippen LogP contribution >= 0.6 is 0 Å². The highest BCUT2D eigenvalue weighted by Gasteiger charge is 2.31. The van der Waals surface area contributed by atoms with Crippen molar-refractivity contribution in [2.45, 2.75) is 25.4 Å². The van der Waals surface area contributed by atoms with E-state index in [9.17, 15) is 13.2 Å². The molecule has 1 aliphatic heterocycles. The fourth-order valence-corrected chi connectivity index (χ4v) is 2.14. The molecule has 1 saturated heterocycles. The monoisotopic (exact) mass is 256 g/mol. The Morgan fingerprint density at radius 1 is 1.11 bits per heavy atom. The lowest BCUT2D eigenvalue weighted by Gasteiger charge is -2.29. The molecule has 0 amide bonds. The number of amidine groups is 1. The predicted molar refractivity (Wildman–Crippen MR) is 63.7 cm³/mol. The molecule has 1 aromatic carbocycles. The molecule has 0 bridgehead atoms. The molecule has 0 unspecified atom stereocenters. The van der Waals surface area contributed by atoms with Gasteiger partial charge < -0.3 is 4.90 Å². The number of likely N-dealkylation sites (tertiary alicyclic amines) is 1. The molecule has 0 radical (unpaired) electrons. The minimum absolute atomic E-state index is 0.195. The highest BCUT2D eigenvalue weighted by molar-refractivity contribution is 5.96. The van der Waals surface area contributed by atoms with Crippen LogP contribution in [0.25, 0.3) is 0 Å². The third-order valence-electron chi connectivity index (χ3n) is 3.14. The molecular formula is C13H15F3N2. The van der Waals surface area contributed by atoms with Crippen molar-refractivity contribution in [2.75, 3.05) is 13.1 Å². The van der Waals surface area contributed by atoms with Gasteiger partial charge in [0.05, 0.1) is 5.56 Å². The van der Waals surface area contributed by atoms with Crippen LogP contribution in [-0.2, 0) is 6.18 Å². The number of benzene rings is 1. The number of nitrogens with one attached hydrogen (secondary N) is 1. The van der Waals surface area contributed by atoms with Crippen LogP contribution in [0.1, 0.15) is 30.4 Å². The van der Waals surface area contributed by atoms with E-state index in [4.69, 9.17) is 5.41 Å². The van der Waals surface area contributed by atoms with Crippen molar-refractivity contribution in [3.63, 3.8) is 0 Å². The minimum atomic E-state index is -4.35. The Bertz CT molecular complexity index is 434. The second-order valence-corrected chi connectivity index (χ2v) is 4.47. The first-order valence-corrected chi connectivity index (χ1v) is 5.99. The Hall–Kier alpha value is -1.52. The van der Waals surface area contributed by atoms with Crippen molar-refractivity contribution in [2.24, 2.45) is 0 Å². The van der Waals surface area contributed by atoms with Gasteiger partial charge in [0.2, 0.25) is 0 Å². The zero-order chi connectivity index (χ0) is 13.2. The molecule has 5 heteroatoms. The van der Waals surface area contributed by atoms with Gasteiger partial charge in [-0.3, -0.25) is 5.41 Å². The number of nitrogens with zero attached hydrogens (tertiary/aromatic N) is 1. The number of piperidine rings is 1. The normalized spacial score (nSPS) is 16.7. The molecule has 0 aliphatic carbocycles. The average Bonchev–Trinajstić information content (AvgIpc) is 2.38. The van der Waals surface area contributed by atoms with E-state index >= 15 is 0 Å². The van der Waals surface area contributed by atoms with E-state index in [1.807, 2.05) is 4.90 Å². The van der Waals surface area contributed by atoms with Gasteiger partial charge >= 0.3 is 6.18 Å². The fraction of sp³-hybridized carbons (Fsp3) is 0.462. The van der Waals surface area contributed by atoms with Crippen LogP contribution in [0.15, 0.2) is 24.3 Å². The van der Waals surface area contributed by atoms with E-state index in [-0.39, 0.29) is 5.84 Å². The van der Waals surface area contributed by atoms with Crippen molar-refractivity contribution in [3.8, 4) is 0 Å². The Labute approximate surface area is 104 Å². The maximum atomic E-state index is 12.6. The van der Waals surface area contributed by atoms with E-state index < -0.39 is 11.7 Å². The van der Waals surface area contributed by atoms with Crippen molar-refractivity contribution in [3.05, 3.63) is 35.4 Å². The second-order valence-electron chi connectivity index (χ2n) is 4.47. The largest absolute Gasteiger partial charge is 0.416 e. The molecule has 0 saturated carbocycles. The average molecular weight is 256 g/mol. The summed E-state index contributed by atoms with van der Waals surface area (Å²) in [5, 5.41) is 7.98. The van der Waals surface area contributed by atoms with Crippen molar-refractivity contribution in [1.29, 1.82) is 5.41 Å². The maximum absolute atomic E-state index is 12.6. The van der Waals surface area contributed by atoms with E-state index in [1.54, 1.807) is 6.07 Å². The lowest BCUT2D eigenvalue weighted by Crippen LogP contribution is -2.35. The highest BCUT2D eigenvalue weighted by atomic mass is 19.4. The van der Waals surface area contributed by atoms with Crippen molar-refractivity contribution < 1.29 is 13.2 Å². The smallest absolute Gasteiger partial charge is 0.357 e. The zero-order valence-corrected chi connectivity index (χ0v) is 9.93. The quantitative estimate of drug-likeness (QED) is 0.604. The van der Waals surface area contributed by atoms with E-state index in [2.05, 4.69) is 0 Å². The summed E-state index contributed by atoms with van der Waals surface area (Å²) in [7, 11) is 0. The first-order chi connectivity index (χ1) is 8.48. The van der Waals surface area contributed by atoms with Crippen LogP contribution in [0.5, 0.6) is 0 Å². The van der Waals surface area contributed by atoms with Crippen LogP contribution < -0.4 is 0 Å². The summed E-state index contributed by atoms with van der Waals surface area (Å²) < 4.78 is 37.8. The van der Waals surface area contributed by atoms with Gasteiger partial charge in [-0.1, -0.05) is 12.1 Å². The van der Waals surface area contributed by atoms with Crippen LogP contribution in [-0.4, -0.2) is 23.8 Å². The molecule has 1 aromatic rings. The van der Waals surface area contributed by atoms with Crippen molar-refractivity contribution >= 4 is 5.84 Å². The van der Waals surface area contributed by atoms with Crippen LogP contribution in [0.2, 0.25) is 0 Å². The molecular weight excluding hydrogens is 241 g/mol. The Morgan fingerprint density at radius 3 is 2.39 bits per heavy atom. The van der Waals surface area contributed by atoms with E-state index in [1.165, 1.54) is 6.07 Å². The van der Waals surface area contributed by atoms with Gasteiger partial charge in [-0.25, -0.2) is 0 Å². The fourth-order valence-electron chi connectivity index (χ4n) is 2.14. The van der Waals surface area contributed by atoms with Gasteiger partial charge in [0.1, 0.15) is 5.84 Å². The summed E-state index contributed by atoms with van der Waals surface area (Å²) in [5.74, 6) is 0.195. The van der Waals surface area contributed by atoms with Crippen LogP contribution in [0.3, 0.4) is 0 Å². The first-order valence-electron chi connectivity index (χ1n) is 5.99. The second kappa shape index (κ2) is 5.00. The van der Waals surface area contributed by atoms with E-state index in [0.717, 1.165) is 44.5 Å². The molecule has 0 atom stereocenters. The van der Waals surface area contributed by atoms with Gasteiger partial charge in [0, 0.05) is 18.7 Å². The highest BCUT2D eigenvalue weighted by Crippen LogP contribution is 2.29. The number of hydrogen-bond donors (Lipinski definition) is 1. The molecule has 1 aliphatic rings. The first kappa shape index (κ1) is 12.9. The van der Waals surface area contributed by atoms with Gasteiger partial charge in [0.15, 0.2) is 0 Å². The molecule has 2 nitrogen and oxygen atoms in total. The predicted octanol–water partition coefficient (Wildman–Crippen LogP) is 3.52.